The minimum Gasteiger partial charge on any atom is -0.493 e. The van der Waals surface area contributed by atoms with Crippen molar-refractivity contribution < 1.29 is 14.3 Å². The van der Waals surface area contributed by atoms with E-state index in [9.17, 15) is 4.79 Å². The van der Waals surface area contributed by atoms with E-state index < -0.39 is 0 Å². The third-order valence-electron chi connectivity index (χ3n) is 2.44. The number of carbonyl (C=O) groups excluding carboxylic acids is 1. The number of benzene rings is 1. The molecule has 5 heteroatoms. The van der Waals surface area contributed by atoms with Crippen molar-refractivity contribution in [1.29, 1.82) is 0 Å². The van der Waals surface area contributed by atoms with Crippen LogP contribution in [0.25, 0.3) is 0 Å². The lowest BCUT2D eigenvalue weighted by Gasteiger charge is -2.12. The van der Waals surface area contributed by atoms with E-state index in [1.807, 2.05) is 6.08 Å². The highest BCUT2D eigenvalue weighted by atomic mass is 16.5. The predicted octanol–water partition coefficient (Wildman–Crippen LogP) is 3.39. The van der Waals surface area contributed by atoms with Gasteiger partial charge in [0.1, 0.15) is 0 Å². The predicted molar refractivity (Wildman–Crippen MR) is 80.3 cm³/mol. The summed E-state index contributed by atoms with van der Waals surface area (Å²) < 4.78 is 10.3. The number of urea groups is 1. The molecule has 110 valence electrons. The van der Waals surface area contributed by atoms with Crippen molar-refractivity contribution in [2.24, 2.45) is 5.41 Å². The maximum atomic E-state index is 11.7. The van der Waals surface area contributed by atoms with Crippen LogP contribution >= 0.6 is 0 Å². The number of hydrogen-bond acceptors (Lipinski definition) is 3. The molecule has 0 fully saturated rings. The Kier molecular flexibility index (Phi) is 5.43. The fourth-order valence-electron chi connectivity index (χ4n) is 1.45. The summed E-state index contributed by atoms with van der Waals surface area (Å²) in [7, 11) is 3.11. The Bertz CT molecular complexity index is 490. The van der Waals surface area contributed by atoms with Gasteiger partial charge in [0.2, 0.25) is 0 Å². The van der Waals surface area contributed by atoms with Crippen LogP contribution in [0.1, 0.15) is 20.8 Å². The molecule has 0 unspecified atom stereocenters. The largest absolute Gasteiger partial charge is 0.493 e. The second kappa shape index (κ2) is 6.84. The van der Waals surface area contributed by atoms with Crippen LogP contribution in [0, 0.1) is 5.41 Å². The SMILES string of the molecule is COc1ccc(NC(=O)N/C=C/C(C)(C)C)cc1OC. The number of carbonyl (C=O) groups is 1. The number of rotatable bonds is 4. The first-order valence-electron chi connectivity index (χ1n) is 6.33. The number of allylic oxidation sites excluding steroid dienone is 1. The summed E-state index contributed by atoms with van der Waals surface area (Å²) in [5, 5.41) is 5.37. The summed E-state index contributed by atoms with van der Waals surface area (Å²) in [6.07, 6.45) is 3.55. The molecule has 0 aromatic heterocycles. The van der Waals surface area contributed by atoms with E-state index in [0.29, 0.717) is 17.2 Å². The van der Waals surface area contributed by atoms with Gasteiger partial charge in [-0.25, -0.2) is 4.79 Å². The van der Waals surface area contributed by atoms with E-state index in [1.165, 1.54) is 0 Å². The zero-order valence-corrected chi connectivity index (χ0v) is 12.6. The molecule has 0 saturated heterocycles. The van der Waals surface area contributed by atoms with Gasteiger partial charge in [-0.1, -0.05) is 26.8 Å². The number of anilines is 1. The molecule has 0 aliphatic rings. The Hall–Kier alpha value is -2.17. The van der Waals surface area contributed by atoms with Gasteiger partial charge < -0.3 is 20.1 Å². The van der Waals surface area contributed by atoms with Crippen molar-refractivity contribution in [3.63, 3.8) is 0 Å². The number of methoxy groups -OCH3 is 2. The molecule has 1 aromatic rings. The standard InChI is InChI=1S/C15H22N2O3/c1-15(2,3)8-9-16-14(18)17-11-6-7-12(19-4)13(10-11)20-5/h6-10H,1-5H3,(H2,16,17,18)/b9-8+. The lowest BCUT2D eigenvalue weighted by molar-refractivity contribution is 0.255. The molecule has 20 heavy (non-hydrogen) atoms. The molecule has 5 nitrogen and oxygen atoms in total. The fraction of sp³-hybridized carbons (Fsp3) is 0.400. The molecule has 0 radical (unpaired) electrons. The average molecular weight is 278 g/mol. The topological polar surface area (TPSA) is 59.6 Å². The van der Waals surface area contributed by atoms with Gasteiger partial charge in [0, 0.05) is 18.0 Å². The van der Waals surface area contributed by atoms with Crippen LogP contribution in [-0.4, -0.2) is 20.3 Å². The van der Waals surface area contributed by atoms with Gasteiger partial charge in [0.25, 0.3) is 0 Å². The van der Waals surface area contributed by atoms with Crippen molar-refractivity contribution in [3.8, 4) is 11.5 Å². The van der Waals surface area contributed by atoms with Crippen molar-refractivity contribution in [2.75, 3.05) is 19.5 Å². The van der Waals surface area contributed by atoms with Gasteiger partial charge in [0.15, 0.2) is 11.5 Å². The highest BCUT2D eigenvalue weighted by Crippen LogP contribution is 2.29. The highest BCUT2D eigenvalue weighted by Gasteiger charge is 2.07. The highest BCUT2D eigenvalue weighted by molar-refractivity contribution is 5.90. The van der Waals surface area contributed by atoms with Crippen LogP contribution < -0.4 is 20.1 Å². The Labute approximate surface area is 120 Å². The molecule has 1 aromatic carbocycles. The third kappa shape index (κ3) is 5.22. The van der Waals surface area contributed by atoms with Crippen molar-refractivity contribution in [3.05, 3.63) is 30.5 Å². The van der Waals surface area contributed by atoms with E-state index in [0.717, 1.165) is 0 Å². The Morgan fingerprint density at radius 1 is 1.15 bits per heavy atom. The smallest absolute Gasteiger partial charge is 0.323 e. The zero-order valence-electron chi connectivity index (χ0n) is 12.6. The summed E-state index contributed by atoms with van der Waals surface area (Å²) in [6, 6.07) is 4.87. The van der Waals surface area contributed by atoms with Gasteiger partial charge in [-0.05, 0) is 17.5 Å². The summed E-state index contributed by atoms with van der Waals surface area (Å²) in [5.74, 6) is 1.18. The maximum absolute atomic E-state index is 11.7. The van der Waals surface area contributed by atoms with Crippen molar-refractivity contribution >= 4 is 11.7 Å². The van der Waals surface area contributed by atoms with E-state index in [4.69, 9.17) is 9.47 Å². The Morgan fingerprint density at radius 3 is 2.35 bits per heavy atom. The van der Waals surface area contributed by atoms with Gasteiger partial charge in [0.05, 0.1) is 14.2 Å². The molecule has 0 aliphatic carbocycles. The normalized spacial score (nSPS) is 11.2. The monoisotopic (exact) mass is 278 g/mol. The van der Waals surface area contributed by atoms with Gasteiger partial charge in [-0.15, -0.1) is 0 Å². The minimum atomic E-state index is -0.308. The molecule has 0 saturated carbocycles. The fourth-order valence-corrected chi connectivity index (χ4v) is 1.45. The Morgan fingerprint density at radius 2 is 1.80 bits per heavy atom. The molecule has 0 spiro atoms. The number of ether oxygens (including phenoxy) is 2. The number of nitrogens with one attached hydrogen (secondary N) is 2. The third-order valence-corrected chi connectivity index (χ3v) is 2.44. The van der Waals surface area contributed by atoms with Gasteiger partial charge in [-0.2, -0.15) is 0 Å². The van der Waals surface area contributed by atoms with Crippen LogP contribution in [0.3, 0.4) is 0 Å². The average Bonchev–Trinajstić information content (AvgIpc) is 2.37. The number of amides is 2. The lowest BCUT2D eigenvalue weighted by Crippen LogP contribution is -2.24. The van der Waals surface area contributed by atoms with Crippen LogP contribution in [0.5, 0.6) is 11.5 Å². The second-order valence-corrected chi connectivity index (χ2v) is 5.37. The first-order chi connectivity index (χ1) is 9.35. The molecule has 2 N–H and O–H groups in total. The van der Waals surface area contributed by atoms with E-state index >= 15 is 0 Å². The Balaban J connectivity index is 2.65. The molecular weight excluding hydrogens is 256 g/mol. The summed E-state index contributed by atoms with van der Waals surface area (Å²) in [5.41, 5.74) is 0.653. The van der Waals surface area contributed by atoms with Crippen LogP contribution in [0.15, 0.2) is 30.5 Å². The first-order valence-corrected chi connectivity index (χ1v) is 6.33. The lowest BCUT2D eigenvalue weighted by atomic mass is 9.97. The van der Waals surface area contributed by atoms with Gasteiger partial charge >= 0.3 is 6.03 Å². The molecule has 0 atom stereocenters. The van der Waals surface area contributed by atoms with E-state index in [-0.39, 0.29) is 11.4 Å². The van der Waals surface area contributed by atoms with Crippen molar-refractivity contribution in [2.45, 2.75) is 20.8 Å². The van der Waals surface area contributed by atoms with Crippen LogP contribution in [0.4, 0.5) is 10.5 Å². The van der Waals surface area contributed by atoms with E-state index in [2.05, 4.69) is 31.4 Å². The van der Waals surface area contributed by atoms with E-state index in [1.54, 1.807) is 38.6 Å². The second-order valence-electron chi connectivity index (χ2n) is 5.37. The molecule has 2 amide bonds. The molecule has 0 aliphatic heterocycles. The first kappa shape index (κ1) is 15.9. The molecule has 1 rings (SSSR count). The summed E-state index contributed by atoms with van der Waals surface area (Å²) in [4.78, 5) is 11.7. The zero-order chi connectivity index (χ0) is 15.2. The summed E-state index contributed by atoms with van der Waals surface area (Å²) in [6.45, 7) is 6.16. The molecule has 0 bridgehead atoms. The maximum Gasteiger partial charge on any atom is 0.323 e. The number of hydrogen-bond donors (Lipinski definition) is 2. The minimum absolute atomic E-state index is 0.0244. The summed E-state index contributed by atoms with van der Waals surface area (Å²) >= 11 is 0. The van der Waals surface area contributed by atoms with Gasteiger partial charge in [-0.3, -0.25) is 0 Å². The van der Waals surface area contributed by atoms with Crippen LogP contribution in [0.2, 0.25) is 0 Å². The van der Waals surface area contributed by atoms with Crippen LogP contribution in [-0.2, 0) is 0 Å². The molecule has 0 heterocycles. The van der Waals surface area contributed by atoms with Crippen molar-refractivity contribution in [1.82, 2.24) is 5.32 Å². The quantitative estimate of drug-likeness (QED) is 0.887. The molecular formula is C15H22N2O3.